The topological polar surface area (TPSA) is 48.7 Å². The summed E-state index contributed by atoms with van der Waals surface area (Å²) < 4.78 is 50.7. The zero-order valence-corrected chi connectivity index (χ0v) is 14.0. The molecule has 4 rings (SSSR count). The van der Waals surface area contributed by atoms with Crippen LogP contribution in [-0.4, -0.2) is 21.4 Å². The average molecular weight is 388 g/mol. The highest BCUT2D eigenvalue weighted by atomic mass is 35.5. The van der Waals surface area contributed by atoms with Crippen molar-refractivity contribution in [3.05, 3.63) is 46.6 Å². The van der Waals surface area contributed by atoms with Gasteiger partial charge in [-0.25, -0.2) is 0 Å². The molecule has 0 saturated heterocycles. The van der Waals surface area contributed by atoms with Crippen LogP contribution in [0.2, 0.25) is 5.02 Å². The van der Waals surface area contributed by atoms with Gasteiger partial charge in [-0.15, -0.1) is 10.2 Å². The quantitative estimate of drug-likeness (QED) is 0.622. The van der Waals surface area contributed by atoms with E-state index in [0.717, 1.165) is 17.8 Å². The van der Waals surface area contributed by atoms with Crippen molar-refractivity contribution >= 4 is 29.0 Å². The number of hydrogen-bond acceptors (Lipinski definition) is 5. The molecule has 0 unspecified atom stereocenters. The van der Waals surface area contributed by atoms with Crippen LogP contribution in [-0.2, 0) is 11.9 Å². The Morgan fingerprint density at radius 2 is 1.96 bits per heavy atom. The number of ether oxygens (including phenoxy) is 2. The van der Waals surface area contributed by atoms with Gasteiger partial charge in [-0.05, 0) is 23.8 Å². The summed E-state index contributed by atoms with van der Waals surface area (Å²) in [6.45, 7) is 0.180. The summed E-state index contributed by atoms with van der Waals surface area (Å²) in [6.07, 6.45) is -3.55. The Bertz CT molecular complexity index is 961. The number of hydrogen-bond donors (Lipinski definition) is 0. The Kier molecular flexibility index (Phi) is 3.92. The van der Waals surface area contributed by atoms with Gasteiger partial charge in [0.1, 0.15) is 0 Å². The second-order valence-electron chi connectivity index (χ2n) is 5.23. The van der Waals surface area contributed by atoms with Crippen molar-refractivity contribution < 1.29 is 22.6 Å². The predicted octanol–water partition coefficient (Wildman–Crippen LogP) is 4.42. The summed E-state index contributed by atoms with van der Waals surface area (Å²) in [5.41, 5.74) is 0.252. The van der Waals surface area contributed by atoms with Crippen LogP contribution in [0.3, 0.4) is 0 Å². The van der Waals surface area contributed by atoms with E-state index in [1.54, 1.807) is 6.07 Å². The molecule has 0 N–H and O–H groups in total. The van der Waals surface area contributed by atoms with Gasteiger partial charge >= 0.3 is 6.18 Å². The molecule has 1 aliphatic rings. The third-order valence-electron chi connectivity index (χ3n) is 3.56. The lowest BCUT2D eigenvalue weighted by molar-refractivity contribution is -0.137. The first-order valence-electron chi connectivity index (χ1n) is 7.04. The standard InChI is InChI=1S/C15H9ClF3N3O2S/c16-10-4-9(15(17,18)19)5-22-13(10)20-21-14(22)25-6-8-1-2-11-12(3-8)24-7-23-11/h1-5H,6-7H2. The predicted molar refractivity (Wildman–Crippen MR) is 85.1 cm³/mol. The molecule has 0 amide bonds. The average Bonchev–Trinajstić information content (AvgIpc) is 3.18. The highest BCUT2D eigenvalue weighted by Gasteiger charge is 2.32. The molecule has 130 valence electrons. The van der Waals surface area contributed by atoms with Crippen molar-refractivity contribution in [1.82, 2.24) is 14.6 Å². The van der Waals surface area contributed by atoms with Crippen LogP contribution in [0, 0.1) is 0 Å². The number of halogens is 4. The van der Waals surface area contributed by atoms with Gasteiger partial charge in [-0.3, -0.25) is 4.40 Å². The van der Waals surface area contributed by atoms with E-state index in [9.17, 15) is 13.2 Å². The molecule has 0 spiro atoms. The molecule has 0 atom stereocenters. The van der Waals surface area contributed by atoms with E-state index >= 15 is 0 Å². The number of pyridine rings is 1. The minimum Gasteiger partial charge on any atom is -0.454 e. The molecule has 0 radical (unpaired) electrons. The minimum absolute atomic E-state index is 0.0998. The second kappa shape index (κ2) is 5.99. The van der Waals surface area contributed by atoms with Gasteiger partial charge in [0.25, 0.3) is 0 Å². The van der Waals surface area contributed by atoms with Crippen molar-refractivity contribution in [2.24, 2.45) is 0 Å². The first-order chi connectivity index (χ1) is 11.9. The van der Waals surface area contributed by atoms with Gasteiger partial charge in [0, 0.05) is 11.9 Å². The van der Waals surface area contributed by atoms with Crippen LogP contribution in [0.4, 0.5) is 13.2 Å². The number of rotatable bonds is 3. The van der Waals surface area contributed by atoms with E-state index in [1.807, 2.05) is 12.1 Å². The maximum absolute atomic E-state index is 13.0. The highest BCUT2D eigenvalue weighted by Crippen LogP contribution is 2.36. The van der Waals surface area contributed by atoms with E-state index < -0.39 is 11.7 Å². The molecule has 3 heterocycles. The lowest BCUT2D eigenvalue weighted by Crippen LogP contribution is -2.07. The maximum Gasteiger partial charge on any atom is 0.417 e. The van der Waals surface area contributed by atoms with E-state index in [1.165, 1.54) is 16.2 Å². The van der Waals surface area contributed by atoms with Crippen molar-refractivity contribution in [3.8, 4) is 11.5 Å². The number of nitrogens with zero attached hydrogens (tertiary/aromatic N) is 3. The Morgan fingerprint density at radius 3 is 2.76 bits per heavy atom. The smallest absolute Gasteiger partial charge is 0.417 e. The van der Waals surface area contributed by atoms with Crippen molar-refractivity contribution in [2.75, 3.05) is 6.79 Å². The third kappa shape index (κ3) is 3.09. The summed E-state index contributed by atoms with van der Waals surface area (Å²) in [5, 5.41) is 8.01. The van der Waals surface area contributed by atoms with Gasteiger partial charge in [0.05, 0.1) is 10.6 Å². The summed E-state index contributed by atoms with van der Waals surface area (Å²) in [5.74, 6) is 1.79. The van der Waals surface area contributed by atoms with Crippen LogP contribution in [0.5, 0.6) is 11.5 Å². The Morgan fingerprint density at radius 1 is 1.16 bits per heavy atom. The van der Waals surface area contributed by atoms with Crippen molar-refractivity contribution in [2.45, 2.75) is 17.1 Å². The molecule has 3 aromatic rings. The molecular formula is C15H9ClF3N3O2S. The van der Waals surface area contributed by atoms with Gasteiger partial charge in [0.15, 0.2) is 22.3 Å². The zero-order chi connectivity index (χ0) is 17.6. The Balaban J connectivity index is 1.62. The van der Waals surface area contributed by atoms with Gasteiger partial charge in [-0.2, -0.15) is 13.2 Å². The first kappa shape index (κ1) is 16.3. The summed E-state index contributed by atoms with van der Waals surface area (Å²) in [4.78, 5) is 0. The van der Waals surface area contributed by atoms with E-state index in [-0.39, 0.29) is 17.5 Å². The van der Waals surface area contributed by atoms with Crippen LogP contribution in [0.15, 0.2) is 35.6 Å². The van der Waals surface area contributed by atoms with Gasteiger partial charge < -0.3 is 9.47 Å². The van der Waals surface area contributed by atoms with Gasteiger partial charge in [0.2, 0.25) is 6.79 Å². The number of alkyl halides is 3. The Hall–Kier alpha value is -2.13. The molecule has 2 aromatic heterocycles. The monoisotopic (exact) mass is 387 g/mol. The number of benzene rings is 1. The lowest BCUT2D eigenvalue weighted by Gasteiger charge is -2.08. The first-order valence-corrected chi connectivity index (χ1v) is 8.41. The van der Waals surface area contributed by atoms with Gasteiger partial charge in [-0.1, -0.05) is 29.4 Å². The number of thioether (sulfide) groups is 1. The summed E-state index contributed by atoms with van der Waals surface area (Å²) in [7, 11) is 0. The van der Waals surface area contributed by atoms with Crippen molar-refractivity contribution in [1.29, 1.82) is 0 Å². The SMILES string of the molecule is FC(F)(F)c1cc(Cl)c2nnc(SCc3ccc4c(c3)OCO4)n2c1. The molecule has 0 aliphatic carbocycles. The fourth-order valence-electron chi connectivity index (χ4n) is 2.37. The number of fused-ring (bicyclic) bond motifs is 2. The fourth-order valence-corrected chi connectivity index (χ4v) is 3.46. The molecule has 5 nitrogen and oxygen atoms in total. The third-order valence-corrected chi connectivity index (χ3v) is 4.85. The lowest BCUT2D eigenvalue weighted by atomic mass is 10.2. The van der Waals surface area contributed by atoms with Crippen LogP contribution < -0.4 is 9.47 Å². The normalized spacial score (nSPS) is 13.6. The van der Waals surface area contributed by atoms with Crippen LogP contribution >= 0.6 is 23.4 Å². The molecule has 1 aromatic carbocycles. The second-order valence-corrected chi connectivity index (χ2v) is 6.58. The van der Waals surface area contributed by atoms with E-state index in [4.69, 9.17) is 21.1 Å². The Labute approximate surface area is 148 Å². The molecule has 1 aliphatic heterocycles. The molecular weight excluding hydrogens is 379 g/mol. The van der Waals surface area contributed by atoms with Crippen LogP contribution in [0.1, 0.15) is 11.1 Å². The number of aromatic nitrogens is 3. The largest absolute Gasteiger partial charge is 0.454 e. The van der Waals surface area contributed by atoms with E-state index in [2.05, 4.69) is 10.2 Å². The summed E-state index contributed by atoms with van der Waals surface area (Å²) in [6, 6.07) is 6.32. The molecule has 0 fully saturated rings. The molecule has 0 bridgehead atoms. The fraction of sp³-hybridized carbons (Fsp3) is 0.200. The highest BCUT2D eigenvalue weighted by molar-refractivity contribution is 7.98. The van der Waals surface area contributed by atoms with Crippen LogP contribution in [0.25, 0.3) is 5.65 Å². The maximum atomic E-state index is 13.0. The zero-order valence-electron chi connectivity index (χ0n) is 12.4. The van der Waals surface area contributed by atoms with Crippen molar-refractivity contribution in [3.63, 3.8) is 0 Å². The van der Waals surface area contributed by atoms with E-state index in [0.29, 0.717) is 22.4 Å². The summed E-state index contributed by atoms with van der Waals surface area (Å²) >= 11 is 7.15. The molecule has 10 heteroatoms. The molecule has 25 heavy (non-hydrogen) atoms. The molecule has 0 saturated carbocycles. The minimum atomic E-state index is -4.50.